The normalized spacial score (nSPS) is 31.1. The van der Waals surface area contributed by atoms with Gasteiger partial charge in [-0.3, -0.25) is 0 Å². The lowest BCUT2D eigenvalue weighted by atomic mass is 9.92. The quantitative estimate of drug-likeness (QED) is 0.507. The summed E-state index contributed by atoms with van der Waals surface area (Å²) in [4.78, 5) is 0. The Morgan fingerprint density at radius 1 is 1.25 bits per heavy atom. The highest BCUT2D eigenvalue weighted by Gasteiger charge is 2.20. The lowest BCUT2D eigenvalue weighted by molar-refractivity contribution is 0.0964. The molecular formula is C11H20O. The third-order valence-corrected chi connectivity index (χ3v) is 2.86. The first-order chi connectivity index (χ1) is 5.84. The summed E-state index contributed by atoms with van der Waals surface area (Å²) in [5.41, 5.74) is 0. The molecule has 1 fully saturated rings. The van der Waals surface area contributed by atoms with Crippen molar-refractivity contribution in [3.63, 3.8) is 0 Å². The van der Waals surface area contributed by atoms with Gasteiger partial charge in [0.2, 0.25) is 0 Å². The molecule has 2 unspecified atom stereocenters. The predicted octanol–water partition coefficient (Wildman–Crippen LogP) is 2.89. The Kier molecular flexibility index (Phi) is 4.37. The van der Waals surface area contributed by atoms with Gasteiger partial charge in [-0.2, -0.15) is 0 Å². The summed E-state index contributed by atoms with van der Waals surface area (Å²) in [7, 11) is 0. The Morgan fingerprint density at radius 2 is 2.00 bits per heavy atom. The van der Waals surface area contributed by atoms with Crippen LogP contribution in [0.4, 0.5) is 0 Å². The molecule has 12 heavy (non-hydrogen) atoms. The van der Waals surface area contributed by atoms with Crippen LogP contribution in [0.2, 0.25) is 0 Å². The van der Waals surface area contributed by atoms with Gasteiger partial charge in [0, 0.05) is 0 Å². The molecular weight excluding hydrogens is 148 g/mol. The molecule has 0 spiro atoms. The number of hydrogen-bond donors (Lipinski definition) is 1. The van der Waals surface area contributed by atoms with Crippen molar-refractivity contribution in [2.24, 2.45) is 5.92 Å². The molecule has 1 aliphatic rings. The molecule has 1 N–H and O–H groups in total. The Labute approximate surface area is 75.5 Å². The minimum Gasteiger partial charge on any atom is -0.393 e. The first-order valence-electron chi connectivity index (χ1n) is 5.13. The average Bonchev–Trinajstić information content (AvgIpc) is 2.27. The second kappa shape index (κ2) is 5.36. The molecule has 1 nitrogen and oxygen atoms in total. The van der Waals surface area contributed by atoms with E-state index in [-0.39, 0.29) is 6.10 Å². The molecule has 2 atom stereocenters. The summed E-state index contributed by atoms with van der Waals surface area (Å²) in [6.45, 7) is 3.71. The van der Waals surface area contributed by atoms with E-state index in [2.05, 4.69) is 6.58 Å². The van der Waals surface area contributed by atoms with Gasteiger partial charge < -0.3 is 5.11 Å². The van der Waals surface area contributed by atoms with E-state index < -0.39 is 0 Å². The van der Waals surface area contributed by atoms with Crippen LogP contribution in [0.5, 0.6) is 0 Å². The Hall–Kier alpha value is -0.300. The van der Waals surface area contributed by atoms with Gasteiger partial charge in [0.05, 0.1) is 6.10 Å². The third-order valence-electron chi connectivity index (χ3n) is 2.86. The molecule has 0 aliphatic heterocycles. The zero-order valence-electron chi connectivity index (χ0n) is 7.84. The molecule has 0 bridgehead atoms. The van der Waals surface area contributed by atoms with E-state index in [0.717, 1.165) is 19.3 Å². The van der Waals surface area contributed by atoms with Crippen molar-refractivity contribution in [3.05, 3.63) is 12.7 Å². The number of aliphatic hydroxyl groups is 1. The van der Waals surface area contributed by atoms with Gasteiger partial charge in [-0.25, -0.2) is 0 Å². The highest BCUT2D eigenvalue weighted by molar-refractivity contribution is 4.76. The molecule has 1 saturated carbocycles. The largest absolute Gasteiger partial charge is 0.393 e. The molecule has 1 rings (SSSR count). The van der Waals surface area contributed by atoms with Gasteiger partial charge in [0.25, 0.3) is 0 Å². The predicted molar refractivity (Wildman–Crippen MR) is 52.0 cm³/mol. The van der Waals surface area contributed by atoms with Crippen LogP contribution in [0.3, 0.4) is 0 Å². The molecule has 1 heteroatoms. The van der Waals surface area contributed by atoms with E-state index in [9.17, 15) is 5.11 Å². The van der Waals surface area contributed by atoms with Crippen LogP contribution in [-0.4, -0.2) is 11.2 Å². The second-order valence-electron chi connectivity index (χ2n) is 3.83. The second-order valence-corrected chi connectivity index (χ2v) is 3.83. The molecule has 0 aromatic rings. The lowest BCUT2D eigenvalue weighted by Gasteiger charge is -2.19. The highest BCUT2D eigenvalue weighted by atomic mass is 16.3. The summed E-state index contributed by atoms with van der Waals surface area (Å²) in [6, 6.07) is 0. The Balaban J connectivity index is 2.31. The number of allylic oxidation sites excluding steroid dienone is 1. The van der Waals surface area contributed by atoms with Crippen molar-refractivity contribution in [2.45, 2.75) is 51.0 Å². The van der Waals surface area contributed by atoms with Crippen molar-refractivity contribution in [2.75, 3.05) is 0 Å². The molecule has 0 aromatic carbocycles. The van der Waals surface area contributed by atoms with Gasteiger partial charge >= 0.3 is 0 Å². The zero-order valence-corrected chi connectivity index (χ0v) is 7.84. The third kappa shape index (κ3) is 2.98. The zero-order chi connectivity index (χ0) is 8.81. The fraction of sp³-hybridized carbons (Fsp3) is 0.818. The minimum atomic E-state index is -0.0348. The first-order valence-corrected chi connectivity index (χ1v) is 5.13. The molecule has 0 aromatic heterocycles. The Bertz CT molecular complexity index is 131. The van der Waals surface area contributed by atoms with E-state index in [1.54, 1.807) is 0 Å². The maximum atomic E-state index is 9.74. The number of hydrogen-bond acceptors (Lipinski definition) is 1. The van der Waals surface area contributed by atoms with Gasteiger partial charge in [-0.1, -0.05) is 25.3 Å². The number of aliphatic hydroxyl groups excluding tert-OH is 1. The summed E-state index contributed by atoms with van der Waals surface area (Å²) in [5, 5.41) is 9.74. The molecule has 0 saturated heterocycles. The van der Waals surface area contributed by atoms with Gasteiger partial charge in [0.15, 0.2) is 0 Å². The minimum absolute atomic E-state index is 0.0348. The van der Waals surface area contributed by atoms with Crippen molar-refractivity contribution >= 4 is 0 Å². The van der Waals surface area contributed by atoms with Crippen molar-refractivity contribution in [3.8, 4) is 0 Å². The topological polar surface area (TPSA) is 20.2 Å². The van der Waals surface area contributed by atoms with Gasteiger partial charge in [0.1, 0.15) is 0 Å². The molecule has 0 amide bonds. The van der Waals surface area contributed by atoms with Crippen LogP contribution in [0, 0.1) is 5.92 Å². The van der Waals surface area contributed by atoms with E-state index in [1.165, 1.54) is 25.7 Å². The van der Waals surface area contributed by atoms with E-state index in [4.69, 9.17) is 0 Å². The van der Waals surface area contributed by atoms with Crippen molar-refractivity contribution in [1.29, 1.82) is 0 Å². The maximum Gasteiger partial charge on any atom is 0.0568 e. The van der Waals surface area contributed by atoms with Crippen LogP contribution in [0.1, 0.15) is 44.9 Å². The summed E-state index contributed by atoms with van der Waals surface area (Å²) < 4.78 is 0. The van der Waals surface area contributed by atoms with E-state index >= 15 is 0 Å². The van der Waals surface area contributed by atoms with Crippen LogP contribution in [-0.2, 0) is 0 Å². The van der Waals surface area contributed by atoms with Crippen LogP contribution in [0.25, 0.3) is 0 Å². The van der Waals surface area contributed by atoms with Crippen LogP contribution < -0.4 is 0 Å². The molecule has 1 aliphatic carbocycles. The summed E-state index contributed by atoms with van der Waals surface area (Å²) in [6.07, 6.45) is 10.2. The standard InChI is InChI=1S/C11H20O/c1-2-3-7-10-8-5-4-6-9-11(10)12/h2,10-12H,1,3-9H2. The van der Waals surface area contributed by atoms with Crippen LogP contribution in [0.15, 0.2) is 12.7 Å². The lowest BCUT2D eigenvalue weighted by Crippen LogP contribution is -2.18. The van der Waals surface area contributed by atoms with E-state index in [0.29, 0.717) is 5.92 Å². The highest BCUT2D eigenvalue weighted by Crippen LogP contribution is 2.26. The first kappa shape index (κ1) is 9.79. The fourth-order valence-electron chi connectivity index (χ4n) is 2.03. The van der Waals surface area contributed by atoms with E-state index in [1.807, 2.05) is 6.08 Å². The molecule has 70 valence electrons. The summed E-state index contributed by atoms with van der Waals surface area (Å²) >= 11 is 0. The number of rotatable bonds is 3. The fourth-order valence-corrected chi connectivity index (χ4v) is 2.03. The van der Waals surface area contributed by atoms with Gasteiger partial charge in [-0.15, -0.1) is 6.58 Å². The molecule has 0 heterocycles. The Morgan fingerprint density at radius 3 is 2.75 bits per heavy atom. The molecule has 0 radical (unpaired) electrons. The smallest absolute Gasteiger partial charge is 0.0568 e. The van der Waals surface area contributed by atoms with Crippen molar-refractivity contribution < 1.29 is 5.11 Å². The monoisotopic (exact) mass is 168 g/mol. The van der Waals surface area contributed by atoms with Crippen molar-refractivity contribution in [1.82, 2.24) is 0 Å². The average molecular weight is 168 g/mol. The SMILES string of the molecule is C=CCCC1CCCCCC1O. The maximum absolute atomic E-state index is 9.74. The van der Waals surface area contributed by atoms with Crippen LogP contribution >= 0.6 is 0 Å². The summed E-state index contributed by atoms with van der Waals surface area (Å²) in [5.74, 6) is 0.547. The van der Waals surface area contributed by atoms with Gasteiger partial charge in [-0.05, 0) is 31.6 Å².